The summed E-state index contributed by atoms with van der Waals surface area (Å²) in [6.45, 7) is 2.48. The number of pyridine rings is 1. The summed E-state index contributed by atoms with van der Waals surface area (Å²) in [7, 11) is 1.00. The van der Waals surface area contributed by atoms with Crippen molar-refractivity contribution in [2.75, 3.05) is 43.9 Å². The smallest absolute Gasteiger partial charge is 0.256 e. The molecule has 1 amide bonds. The lowest BCUT2D eigenvalue weighted by molar-refractivity contribution is -0.344. The molecule has 146 valence electrons. The number of nitrogens with zero attached hydrogens (tertiary/aromatic N) is 2. The number of halogens is 1. The number of anilines is 2. The van der Waals surface area contributed by atoms with Crippen LogP contribution < -0.4 is 15.6 Å². The third kappa shape index (κ3) is 3.75. The molecule has 3 aromatic rings. The van der Waals surface area contributed by atoms with Crippen LogP contribution in [0.4, 0.5) is 15.8 Å². The van der Waals surface area contributed by atoms with Crippen molar-refractivity contribution in [3.63, 3.8) is 0 Å². The highest BCUT2D eigenvalue weighted by Gasteiger charge is 2.25. The zero-order valence-corrected chi connectivity index (χ0v) is 15.7. The van der Waals surface area contributed by atoms with E-state index in [9.17, 15) is 9.18 Å². The molecule has 2 aromatic carbocycles. The molecule has 6 nitrogen and oxygen atoms in total. The van der Waals surface area contributed by atoms with Gasteiger partial charge in [-0.1, -0.05) is 12.1 Å². The predicted octanol–water partition coefficient (Wildman–Crippen LogP) is 1.95. The predicted molar refractivity (Wildman–Crippen MR) is 108 cm³/mol. The Kier molecular flexibility index (Phi) is 6.06. The molecule has 1 aliphatic heterocycles. The van der Waals surface area contributed by atoms with Crippen LogP contribution in [0.5, 0.6) is 0 Å². The minimum Gasteiger partial charge on any atom is -0.400 e. The molecule has 0 spiro atoms. The van der Waals surface area contributed by atoms with E-state index in [-0.39, 0.29) is 11.5 Å². The number of nitrogens with one attached hydrogen (secondary N) is 1. The lowest BCUT2D eigenvalue weighted by Crippen LogP contribution is -2.49. The second kappa shape index (κ2) is 8.67. The van der Waals surface area contributed by atoms with Gasteiger partial charge in [-0.05, 0) is 30.3 Å². The maximum atomic E-state index is 13.9. The lowest BCUT2D eigenvalue weighted by Gasteiger charge is -2.36. The van der Waals surface area contributed by atoms with E-state index in [1.807, 2.05) is 30.5 Å². The Bertz CT molecular complexity index is 972. The van der Waals surface area contributed by atoms with Crippen LogP contribution in [-0.4, -0.2) is 49.2 Å². The summed E-state index contributed by atoms with van der Waals surface area (Å²) >= 11 is 0. The molecule has 2 heterocycles. The lowest BCUT2D eigenvalue weighted by atomic mass is 10.1. The van der Waals surface area contributed by atoms with Gasteiger partial charge in [0.05, 0.1) is 16.6 Å². The third-order valence-corrected chi connectivity index (χ3v) is 4.85. The van der Waals surface area contributed by atoms with Crippen LogP contribution in [0, 0.1) is 5.82 Å². The van der Waals surface area contributed by atoms with Gasteiger partial charge in [0.2, 0.25) is 5.52 Å². The minimum absolute atomic E-state index is 0.133. The fourth-order valence-electron chi connectivity index (χ4n) is 3.46. The van der Waals surface area contributed by atoms with Gasteiger partial charge < -0.3 is 20.6 Å². The largest absolute Gasteiger partial charge is 0.400 e. The third-order valence-electron chi connectivity index (χ3n) is 4.85. The molecule has 0 radical (unpaired) electrons. The van der Waals surface area contributed by atoms with Crippen molar-refractivity contribution in [1.82, 2.24) is 4.90 Å². The monoisotopic (exact) mass is 383 g/mol. The van der Waals surface area contributed by atoms with Gasteiger partial charge in [0, 0.05) is 39.4 Å². The Morgan fingerprint density at radius 1 is 1.04 bits per heavy atom. The second-order valence-corrected chi connectivity index (χ2v) is 6.39. The first-order valence-corrected chi connectivity index (χ1v) is 9.07. The number of aliphatic hydroxyl groups is 1. The van der Waals surface area contributed by atoms with Crippen molar-refractivity contribution >= 4 is 28.2 Å². The number of nitrogens with two attached hydrogens (primary N) is 1. The van der Waals surface area contributed by atoms with Gasteiger partial charge in [0.25, 0.3) is 5.91 Å². The molecular weight excluding hydrogens is 359 g/mol. The number of aliphatic hydroxyl groups excluding tert-OH is 1. The zero-order chi connectivity index (χ0) is 20.1. The molecule has 1 aromatic heterocycles. The van der Waals surface area contributed by atoms with E-state index in [0.29, 0.717) is 31.9 Å². The maximum absolute atomic E-state index is 13.9. The van der Waals surface area contributed by atoms with Gasteiger partial charge in [-0.15, -0.1) is 0 Å². The first-order chi connectivity index (χ1) is 13.6. The first kappa shape index (κ1) is 19.6. The Hall–Kier alpha value is -3.19. The Labute approximate surface area is 163 Å². The van der Waals surface area contributed by atoms with Gasteiger partial charge in [0.15, 0.2) is 6.20 Å². The number of carbonyl (C=O) groups is 1. The van der Waals surface area contributed by atoms with Crippen LogP contribution in [0.1, 0.15) is 10.4 Å². The number of benzene rings is 2. The number of fused-ring (bicyclic) bond motifs is 1. The van der Waals surface area contributed by atoms with Gasteiger partial charge in [-0.2, -0.15) is 0 Å². The fraction of sp³-hybridized carbons (Fsp3) is 0.238. The number of aromatic amines is 1. The number of H-pyrrole nitrogens is 1. The number of nitrogen functional groups attached to an aromatic ring is 1. The molecule has 7 heteroatoms. The summed E-state index contributed by atoms with van der Waals surface area (Å²) in [4.78, 5) is 19.7. The molecule has 4 rings (SSSR count). The van der Waals surface area contributed by atoms with Crippen molar-refractivity contribution in [2.24, 2.45) is 0 Å². The van der Waals surface area contributed by atoms with Gasteiger partial charge in [-0.25, -0.2) is 9.37 Å². The number of amides is 1. The molecule has 0 atom stereocenters. The van der Waals surface area contributed by atoms with E-state index in [0.717, 1.165) is 23.7 Å². The summed E-state index contributed by atoms with van der Waals surface area (Å²) in [6, 6.07) is 14.0. The van der Waals surface area contributed by atoms with Crippen LogP contribution >= 0.6 is 0 Å². The number of hydrogen-bond acceptors (Lipinski definition) is 4. The van der Waals surface area contributed by atoms with Gasteiger partial charge in [-0.3, -0.25) is 4.79 Å². The molecule has 0 saturated carbocycles. The average molecular weight is 383 g/mol. The summed E-state index contributed by atoms with van der Waals surface area (Å²) in [5, 5.41) is 8.06. The van der Waals surface area contributed by atoms with Crippen LogP contribution in [-0.2, 0) is 0 Å². The van der Waals surface area contributed by atoms with E-state index < -0.39 is 5.82 Å². The zero-order valence-electron chi connectivity index (χ0n) is 15.7. The number of rotatable bonds is 2. The number of hydrogen-bond donors (Lipinski definition) is 2. The second-order valence-electron chi connectivity index (χ2n) is 6.39. The van der Waals surface area contributed by atoms with Crippen molar-refractivity contribution in [2.45, 2.75) is 0 Å². The van der Waals surface area contributed by atoms with E-state index in [4.69, 9.17) is 10.8 Å². The molecule has 1 aliphatic rings. The van der Waals surface area contributed by atoms with E-state index in [2.05, 4.69) is 9.88 Å². The summed E-state index contributed by atoms with van der Waals surface area (Å²) in [5.41, 5.74) is 8.89. The van der Waals surface area contributed by atoms with Gasteiger partial charge in [0.1, 0.15) is 11.5 Å². The maximum Gasteiger partial charge on any atom is 0.256 e. The SMILES string of the molecule is CO.Nc1ccc(N2CCN(C(=O)c3ccccc3F)CC2)c2ccc[nH+]c12. The first-order valence-electron chi connectivity index (χ1n) is 9.07. The van der Waals surface area contributed by atoms with E-state index in [1.165, 1.54) is 12.1 Å². The van der Waals surface area contributed by atoms with Crippen molar-refractivity contribution < 1.29 is 19.3 Å². The molecule has 0 bridgehead atoms. The van der Waals surface area contributed by atoms with Crippen LogP contribution in [0.3, 0.4) is 0 Å². The van der Waals surface area contributed by atoms with Crippen molar-refractivity contribution in [3.05, 3.63) is 66.1 Å². The highest BCUT2D eigenvalue weighted by Crippen LogP contribution is 2.29. The van der Waals surface area contributed by atoms with E-state index in [1.54, 1.807) is 17.0 Å². The van der Waals surface area contributed by atoms with Crippen LogP contribution in [0.2, 0.25) is 0 Å². The van der Waals surface area contributed by atoms with Crippen LogP contribution in [0.15, 0.2) is 54.7 Å². The highest BCUT2D eigenvalue weighted by molar-refractivity contribution is 5.97. The van der Waals surface area contributed by atoms with Gasteiger partial charge >= 0.3 is 0 Å². The van der Waals surface area contributed by atoms with Crippen molar-refractivity contribution in [1.29, 1.82) is 0 Å². The van der Waals surface area contributed by atoms with E-state index >= 15 is 0 Å². The molecule has 1 saturated heterocycles. The topological polar surface area (TPSA) is 83.9 Å². The molecule has 28 heavy (non-hydrogen) atoms. The summed E-state index contributed by atoms with van der Waals surface area (Å²) < 4.78 is 13.9. The Morgan fingerprint density at radius 3 is 2.46 bits per heavy atom. The summed E-state index contributed by atoms with van der Waals surface area (Å²) in [5.74, 6) is -0.724. The standard InChI is InChI=1S/C20H19FN4O.CH4O/c21-16-6-2-1-4-14(16)20(26)25-12-10-24(11-13-25)18-8-7-17(22)19-15(18)5-3-9-23-19;1-2/h1-9H,10-13,22H2;2H,1H3/p+1. The molecule has 0 aliphatic carbocycles. The Balaban J connectivity index is 0.00000109. The Morgan fingerprint density at radius 2 is 1.75 bits per heavy atom. The van der Waals surface area contributed by atoms with Crippen molar-refractivity contribution in [3.8, 4) is 0 Å². The molecule has 1 fully saturated rings. The fourth-order valence-corrected chi connectivity index (χ4v) is 3.46. The minimum atomic E-state index is -0.472. The van der Waals surface area contributed by atoms with Crippen LogP contribution in [0.25, 0.3) is 10.9 Å². The quantitative estimate of drug-likeness (QED) is 0.663. The average Bonchev–Trinajstić information content (AvgIpc) is 2.76. The molecule has 0 unspecified atom stereocenters. The highest BCUT2D eigenvalue weighted by atomic mass is 19.1. The molecular formula is C21H24FN4O2+. The summed E-state index contributed by atoms with van der Waals surface area (Å²) in [6.07, 6.45) is 1.85. The molecule has 4 N–H and O–H groups in total. The normalized spacial score (nSPS) is 13.8. The number of carbonyl (C=O) groups excluding carboxylic acids is 1. The number of piperazine rings is 1. The number of aromatic nitrogens is 1.